The van der Waals surface area contributed by atoms with Crippen LogP contribution in [-0.4, -0.2) is 38.1 Å². The summed E-state index contributed by atoms with van der Waals surface area (Å²) in [6.45, 7) is 0. The second-order valence-electron chi connectivity index (χ2n) is 7.36. The Morgan fingerprint density at radius 2 is 0.667 bits per heavy atom. The van der Waals surface area contributed by atoms with Crippen molar-refractivity contribution in [3.8, 4) is 0 Å². The number of hydrogen-bond donors (Lipinski definition) is 8. The van der Waals surface area contributed by atoms with Crippen LogP contribution in [0.1, 0.15) is 0 Å². The number of benzene rings is 3. The maximum absolute atomic E-state index is 12.3. The molecule has 186 valence electrons. The number of nitrogens with zero attached hydrogens (tertiary/aromatic N) is 2. The smallest absolute Gasteiger partial charge is 0.323 e. The van der Waals surface area contributed by atoms with Crippen LogP contribution in [0.4, 0.5) is 43.7 Å². The average molecular weight is 489 g/mol. The number of nitrogens with two attached hydrogens (primary N) is 2. The number of urea groups is 2. The third kappa shape index (κ3) is 7.95. The summed E-state index contributed by atoms with van der Waals surface area (Å²) in [5, 5.41) is 16.8. The summed E-state index contributed by atoms with van der Waals surface area (Å²) in [5.41, 5.74) is 15.1. The van der Waals surface area contributed by atoms with Crippen molar-refractivity contribution >= 4 is 58.1 Å². The molecule has 0 unspecified atom stereocenters. The molecule has 12 nitrogen and oxygen atoms in total. The fourth-order valence-electron chi connectivity index (χ4n) is 2.91. The van der Waals surface area contributed by atoms with Gasteiger partial charge in [-0.15, -0.1) is 0 Å². The number of carbonyl (C=O) groups excluding carboxylic acids is 2. The monoisotopic (exact) mass is 488 g/mol. The molecule has 0 aromatic heterocycles. The Bertz CT molecular complexity index is 1140. The lowest BCUT2D eigenvalue weighted by atomic mass is 10.2. The molecule has 3 aromatic rings. The van der Waals surface area contributed by atoms with Crippen molar-refractivity contribution in [2.24, 2.45) is 21.5 Å². The number of nitrogens with one attached hydrogen (secondary N) is 6. The number of anilines is 6. The summed E-state index contributed by atoms with van der Waals surface area (Å²) < 4.78 is 0. The lowest BCUT2D eigenvalue weighted by Gasteiger charge is -2.11. The zero-order chi connectivity index (χ0) is 25.9. The highest BCUT2D eigenvalue weighted by Crippen LogP contribution is 2.17. The number of carbonyl (C=O) groups is 2. The van der Waals surface area contributed by atoms with Gasteiger partial charge in [0.25, 0.3) is 0 Å². The topological polar surface area (TPSA) is 183 Å². The van der Waals surface area contributed by atoms with Gasteiger partial charge in [-0.2, -0.15) is 0 Å². The van der Waals surface area contributed by atoms with Crippen LogP contribution in [0.3, 0.4) is 0 Å². The molecule has 0 spiro atoms. The van der Waals surface area contributed by atoms with Gasteiger partial charge in [0.15, 0.2) is 11.9 Å². The van der Waals surface area contributed by atoms with Crippen LogP contribution in [0, 0.1) is 0 Å². The standard InChI is InChI=1S/C24H28N10O2/c1-27-21(25)29-15-3-7-17(8-4-15)31-23(35)33-19-11-13-20(14-12-19)34-24(36)32-18-9-5-16(6-10-18)30-22(26)28-2/h3-14H,1-2H3,(H3,25,27,29)(H3,26,28,30)(H2,31,33,35)(H2,32,34,36). The minimum absolute atomic E-state index is 0.291. The Morgan fingerprint density at radius 1 is 0.472 bits per heavy atom. The number of rotatable bonds is 6. The van der Waals surface area contributed by atoms with Crippen molar-refractivity contribution in [1.82, 2.24) is 0 Å². The molecule has 0 atom stereocenters. The van der Waals surface area contributed by atoms with Gasteiger partial charge >= 0.3 is 12.1 Å². The van der Waals surface area contributed by atoms with Gasteiger partial charge in [0, 0.05) is 48.2 Å². The maximum atomic E-state index is 12.3. The molecule has 3 aromatic carbocycles. The summed E-state index contributed by atoms with van der Waals surface area (Å²) >= 11 is 0. The molecule has 0 radical (unpaired) electrons. The molecule has 0 saturated carbocycles. The first-order valence-electron chi connectivity index (χ1n) is 10.8. The second kappa shape index (κ2) is 12.3. The van der Waals surface area contributed by atoms with Crippen LogP contribution in [-0.2, 0) is 0 Å². The lowest BCUT2D eigenvalue weighted by Crippen LogP contribution is -2.22. The van der Waals surface area contributed by atoms with Crippen LogP contribution in [0.5, 0.6) is 0 Å². The Morgan fingerprint density at radius 3 is 0.861 bits per heavy atom. The molecule has 0 aliphatic carbocycles. The average Bonchev–Trinajstić information content (AvgIpc) is 2.87. The third-order valence-electron chi connectivity index (χ3n) is 4.71. The maximum Gasteiger partial charge on any atom is 0.323 e. The van der Waals surface area contributed by atoms with Gasteiger partial charge in [0.2, 0.25) is 0 Å². The largest absolute Gasteiger partial charge is 0.370 e. The van der Waals surface area contributed by atoms with Gasteiger partial charge in [-0.25, -0.2) is 9.59 Å². The summed E-state index contributed by atoms with van der Waals surface area (Å²) in [7, 11) is 3.17. The van der Waals surface area contributed by atoms with Gasteiger partial charge in [-0.3, -0.25) is 9.98 Å². The summed E-state index contributed by atoms with van der Waals surface area (Å²) in [4.78, 5) is 32.2. The van der Waals surface area contributed by atoms with Crippen molar-refractivity contribution in [3.05, 3.63) is 72.8 Å². The first-order valence-corrected chi connectivity index (χ1v) is 10.8. The number of guanidine groups is 2. The summed E-state index contributed by atoms with van der Waals surface area (Å²) in [5.74, 6) is 0.583. The molecule has 0 bridgehead atoms. The highest BCUT2D eigenvalue weighted by Gasteiger charge is 2.06. The molecule has 0 saturated heterocycles. The lowest BCUT2D eigenvalue weighted by molar-refractivity contribution is 0.261. The predicted molar refractivity (Wildman–Crippen MR) is 147 cm³/mol. The van der Waals surface area contributed by atoms with E-state index < -0.39 is 12.1 Å². The summed E-state index contributed by atoms with van der Waals surface area (Å²) in [6, 6.07) is 19.9. The Labute approximate surface area is 208 Å². The van der Waals surface area contributed by atoms with Crippen molar-refractivity contribution in [2.75, 3.05) is 46.0 Å². The molecule has 0 aliphatic rings. The first kappa shape index (κ1) is 25.4. The van der Waals surface area contributed by atoms with Crippen molar-refractivity contribution in [3.63, 3.8) is 0 Å². The molecule has 3 rings (SSSR count). The van der Waals surface area contributed by atoms with E-state index in [1.54, 1.807) is 86.9 Å². The van der Waals surface area contributed by atoms with Crippen molar-refractivity contribution < 1.29 is 9.59 Å². The minimum atomic E-state index is -0.409. The zero-order valence-electron chi connectivity index (χ0n) is 19.8. The molecule has 0 fully saturated rings. The summed E-state index contributed by atoms with van der Waals surface area (Å²) in [6.07, 6.45) is 0. The molecular weight excluding hydrogens is 460 g/mol. The van der Waals surface area contributed by atoms with Crippen LogP contribution in [0.2, 0.25) is 0 Å². The van der Waals surface area contributed by atoms with E-state index in [4.69, 9.17) is 11.5 Å². The normalized spacial score (nSPS) is 11.3. The SMILES string of the molecule is CN=C(N)Nc1ccc(NC(=O)Nc2ccc(NC(=O)Nc3ccc(NC(N)=NC)cc3)cc2)cc1. The fraction of sp³-hybridized carbons (Fsp3) is 0.0833. The molecule has 4 amide bonds. The minimum Gasteiger partial charge on any atom is -0.370 e. The van der Waals surface area contributed by atoms with E-state index in [1.807, 2.05) is 0 Å². The van der Waals surface area contributed by atoms with Gasteiger partial charge < -0.3 is 43.4 Å². The molecule has 0 aliphatic heterocycles. The van der Waals surface area contributed by atoms with Crippen LogP contribution < -0.4 is 43.4 Å². The molecular formula is C24H28N10O2. The van der Waals surface area contributed by atoms with Gasteiger partial charge in [0.05, 0.1) is 0 Å². The van der Waals surface area contributed by atoms with Gasteiger partial charge in [-0.1, -0.05) is 0 Å². The zero-order valence-corrected chi connectivity index (χ0v) is 19.8. The van der Waals surface area contributed by atoms with Crippen molar-refractivity contribution in [2.45, 2.75) is 0 Å². The Kier molecular flexibility index (Phi) is 8.65. The predicted octanol–water partition coefficient (Wildman–Crippen LogP) is 3.69. The van der Waals surface area contributed by atoms with Crippen LogP contribution in [0.25, 0.3) is 0 Å². The number of hydrogen-bond acceptors (Lipinski definition) is 4. The van der Waals surface area contributed by atoms with E-state index in [0.29, 0.717) is 34.7 Å². The highest BCUT2D eigenvalue weighted by atomic mass is 16.2. The number of amides is 4. The fourth-order valence-corrected chi connectivity index (χ4v) is 2.91. The van der Waals surface area contributed by atoms with E-state index in [1.165, 1.54) is 0 Å². The quantitative estimate of drug-likeness (QED) is 0.193. The van der Waals surface area contributed by atoms with E-state index in [9.17, 15) is 9.59 Å². The third-order valence-corrected chi connectivity index (χ3v) is 4.71. The molecule has 36 heavy (non-hydrogen) atoms. The Hall–Kier alpha value is -5.26. The number of aliphatic imine (C=N–C) groups is 2. The molecule has 12 heteroatoms. The first-order chi connectivity index (χ1) is 17.3. The van der Waals surface area contributed by atoms with E-state index in [0.717, 1.165) is 11.4 Å². The van der Waals surface area contributed by atoms with E-state index >= 15 is 0 Å². The van der Waals surface area contributed by atoms with Crippen molar-refractivity contribution in [1.29, 1.82) is 0 Å². The van der Waals surface area contributed by atoms with Gasteiger partial charge in [-0.05, 0) is 72.8 Å². The van der Waals surface area contributed by atoms with Crippen LogP contribution >= 0.6 is 0 Å². The van der Waals surface area contributed by atoms with E-state index in [-0.39, 0.29) is 0 Å². The van der Waals surface area contributed by atoms with Gasteiger partial charge in [0.1, 0.15) is 0 Å². The van der Waals surface area contributed by atoms with Crippen LogP contribution in [0.15, 0.2) is 82.8 Å². The highest BCUT2D eigenvalue weighted by molar-refractivity contribution is 6.02. The molecule has 10 N–H and O–H groups in total. The molecule has 0 heterocycles. The van der Waals surface area contributed by atoms with E-state index in [2.05, 4.69) is 41.9 Å². The second-order valence-corrected chi connectivity index (χ2v) is 7.36. The Balaban J connectivity index is 1.47.